The number of fused-ring (bicyclic) bond motifs is 2. The van der Waals surface area contributed by atoms with Crippen LogP contribution in [0, 0.1) is 0 Å². The summed E-state index contributed by atoms with van der Waals surface area (Å²) in [5.74, 6) is -1.26. The van der Waals surface area contributed by atoms with Gasteiger partial charge in [-0.3, -0.25) is 25.3 Å². The Kier molecular flexibility index (Phi) is 5.94. The van der Waals surface area contributed by atoms with Crippen LogP contribution in [0.5, 0.6) is 0 Å². The molecule has 11 nitrogen and oxygen atoms in total. The molecule has 2 saturated heterocycles. The molecule has 0 saturated carbocycles. The molecule has 11 heteroatoms. The van der Waals surface area contributed by atoms with Crippen LogP contribution < -0.4 is 16.2 Å². The number of urea groups is 1. The molecule has 2 bridgehead atoms. The standard InChI is InChI=1S/C17H21N5O6/c23-14(8-18-16(25)26)19-20-15(24)13-7-6-12-9-21(13)17(27)22(12)28-10-11-4-2-1-3-5-11/h1-5,12-13,18H,6-10H2,(H,19,23)(H,20,24)(H,25,26)/t12-,13+/m1/s1. The highest BCUT2D eigenvalue weighted by molar-refractivity contribution is 5.90. The highest BCUT2D eigenvalue weighted by Crippen LogP contribution is 2.30. The van der Waals surface area contributed by atoms with Gasteiger partial charge in [-0.2, -0.15) is 5.06 Å². The summed E-state index contributed by atoms with van der Waals surface area (Å²) < 4.78 is 0. The molecule has 2 aliphatic heterocycles. The minimum Gasteiger partial charge on any atom is -0.465 e. The van der Waals surface area contributed by atoms with Crippen LogP contribution in [0.3, 0.4) is 0 Å². The third kappa shape index (κ3) is 4.49. The molecule has 2 heterocycles. The van der Waals surface area contributed by atoms with E-state index in [9.17, 15) is 19.2 Å². The van der Waals surface area contributed by atoms with E-state index in [1.165, 1.54) is 9.96 Å². The average molecular weight is 391 g/mol. The Labute approximate surface area is 160 Å². The summed E-state index contributed by atoms with van der Waals surface area (Å²) >= 11 is 0. The van der Waals surface area contributed by atoms with Gasteiger partial charge in [-0.05, 0) is 18.4 Å². The van der Waals surface area contributed by atoms with Crippen molar-refractivity contribution in [2.24, 2.45) is 0 Å². The summed E-state index contributed by atoms with van der Waals surface area (Å²) in [6.45, 7) is 0.118. The van der Waals surface area contributed by atoms with E-state index in [1.54, 1.807) is 0 Å². The first kappa shape index (κ1) is 19.4. The highest BCUT2D eigenvalue weighted by Gasteiger charge is 2.47. The van der Waals surface area contributed by atoms with Crippen LogP contribution in [0.4, 0.5) is 9.59 Å². The quantitative estimate of drug-likeness (QED) is 0.495. The van der Waals surface area contributed by atoms with Crippen LogP contribution in [0.2, 0.25) is 0 Å². The van der Waals surface area contributed by atoms with Crippen molar-refractivity contribution in [2.45, 2.75) is 31.5 Å². The third-order valence-electron chi connectivity index (χ3n) is 4.56. The first-order chi connectivity index (χ1) is 13.5. The van der Waals surface area contributed by atoms with Crippen LogP contribution >= 0.6 is 0 Å². The number of benzene rings is 1. The van der Waals surface area contributed by atoms with Gasteiger partial charge in [0.1, 0.15) is 19.2 Å². The second-order valence-electron chi connectivity index (χ2n) is 6.46. The number of carboxylic acid groups (broad SMARTS) is 1. The Bertz CT molecular complexity index is 758. The zero-order chi connectivity index (χ0) is 20.1. The zero-order valence-corrected chi connectivity index (χ0v) is 15.0. The molecule has 1 aromatic carbocycles. The van der Waals surface area contributed by atoms with Gasteiger partial charge in [0.05, 0.1) is 6.04 Å². The van der Waals surface area contributed by atoms with E-state index in [1.807, 2.05) is 35.6 Å². The summed E-state index contributed by atoms with van der Waals surface area (Å²) in [5, 5.41) is 11.6. The predicted octanol–water partition coefficient (Wildman–Crippen LogP) is -0.198. The van der Waals surface area contributed by atoms with Gasteiger partial charge in [0.15, 0.2) is 0 Å². The topological polar surface area (TPSA) is 140 Å². The number of hydrogen-bond acceptors (Lipinski definition) is 5. The van der Waals surface area contributed by atoms with E-state index < -0.39 is 36.5 Å². The van der Waals surface area contributed by atoms with Gasteiger partial charge >= 0.3 is 12.1 Å². The Hall–Kier alpha value is -3.34. The van der Waals surface area contributed by atoms with E-state index in [0.717, 1.165) is 5.56 Å². The van der Waals surface area contributed by atoms with Crippen molar-refractivity contribution < 1.29 is 29.1 Å². The monoisotopic (exact) mass is 391 g/mol. The van der Waals surface area contributed by atoms with Crippen LogP contribution in [0.15, 0.2) is 30.3 Å². The minimum absolute atomic E-state index is 0.130. The molecule has 150 valence electrons. The molecule has 28 heavy (non-hydrogen) atoms. The zero-order valence-electron chi connectivity index (χ0n) is 15.0. The van der Waals surface area contributed by atoms with Gasteiger partial charge in [-0.15, -0.1) is 0 Å². The molecule has 0 unspecified atom stereocenters. The molecule has 1 aromatic rings. The molecule has 0 aliphatic carbocycles. The first-order valence-corrected chi connectivity index (χ1v) is 8.78. The van der Waals surface area contributed by atoms with Crippen molar-refractivity contribution in [3.63, 3.8) is 0 Å². The van der Waals surface area contributed by atoms with Gasteiger partial charge in [-0.1, -0.05) is 30.3 Å². The lowest BCUT2D eigenvalue weighted by molar-refractivity contribution is -0.140. The molecule has 5 amide bonds. The molecule has 2 fully saturated rings. The number of carbonyl (C=O) groups is 4. The van der Waals surface area contributed by atoms with E-state index in [2.05, 4.69) is 10.9 Å². The van der Waals surface area contributed by atoms with E-state index >= 15 is 0 Å². The third-order valence-corrected chi connectivity index (χ3v) is 4.56. The molecule has 0 spiro atoms. The van der Waals surface area contributed by atoms with Gasteiger partial charge < -0.3 is 15.3 Å². The Morgan fingerprint density at radius 3 is 2.61 bits per heavy atom. The minimum atomic E-state index is -1.35. The molecule has 0 aromatic heterocycles. The lowest BCUT2D eigenvalue weighted by atomic mass is 10.0. The molecular weight excluding hydrogens is 370 g/mol. The Balaban J connectivity index is 1.51. The molecule has 2 aliphatic rings. The number of hydrazine groups is 1. The maximum atomic E-state index is 12.6. The fourth-order valence-electron chi connectivity index (χ4n) is 3.20. The van der Waals surface area contributed by atoms with Gasteiger partial charge in [-0.25, -0.2) is 9.59 Å². The van der Waals surface area contributed by atoms with E-state index in [-0.39, 0.29) is 12.6 Å². The smallest absolute Gasteiger partial charge is 0.405 e. The fourth-order valence-corrected chi connectivity index (χ4v) is 3.20. The van der Waals surface area contributed by atoms with Gasteiger partial charge in [0.2, 0.25) is 0 Å². The SMILES string of the molecule is O=C(O)NCC(=O)NNC(=O)[C@@H]1CC[C@@H]2CN1C(=O)N2OCc1ccccc1. The maximum absolute atomic E-state index is 12.6. The molecule has 2 atom stereocenters. The molecular formula is C17H21N5O6. The number of carbonyl (C=O) groups excluding carboxylic acids is 3. The van der Waals surface area contributed by atoms with Crippen molar-refractivity contribution in [3.05, 3.63) is 35.9 Å². The van der Waals surface area contributed by atoms with Crippen LogP contribution in [0.25, 0.3) is 0 Å². The Morgan fingerprint density at radius 2 is 1.89 bits per heavy atom. The van der Waals surface area contributed by atoms with Crippen LogP contribution in [-0.2, 0) is 21.0 Å². The average Bonchev–Trinajstić information content (AvgIpc) is 2.93. The maximum Gasteiger partial charge on any atom is 0.405 e. The molecule has 0 radical (unpaired) electrons. The number of rotatable bonds is 6. The van der Waals surface area contributed by atoms with Crippen LogP contribution in [0.1, 0.15) is 18.4 Å². The Morgan fingerprint density at radius 1 is 1.14 bits per heavy atom. The van der Waals surface area contributed by atoms with Crippen molar-refractivity contribution in [1.82, 2.24) is 26.1 Å². The number of nitrogens with zero attached hydrogens (tertiary/aromatic N) is 2. The van der Waals surface area contributed by atoms with Crippen molar-refractivity contribution in [3.8, 4) is 0 Å². The molecule has 4 N–H and O–H groups in total. The van der Waals surface area contributed by atoms with Crippen LogP contribution in [-0.4, -0.2) is 64.2 Å². The number of hydroxylamine groups is 2. The number of piperidine rings is 1. The number of nitrogens with one attached hydrogen (secondary N) is 3. The number of hydrogen-bond donors (Lipinski definition) is 4. The largest absolute Gasteiger partial charge is 0.465 e. The second-order valence-corrected chi connectivity index (χ2v) is 6.46. The fraction of sp³-hybridized carbons (Fsp3) is 0.412. The van der Waals surface area contributed by atoms with Crippen molar-refractivity contribution in [2.75, 3.05) is 13.1 Å². The molecule has 3 rings (SSSR count). The summed E-state index contributed by atoms with van der Waals surface area (Å²) in [5.41, 5.74) is 5.28. The summed E-state index contributed by atoms with van der Waals surface area (Å²) in [6.07, 6.45) is -0.335. The lowest BCUT2D eigenvalue weighted by Gasteiger charge is -2.29. The normalized spacial score (nSPS) is 20.6. The lowest BCUT2D eigenvalue weighted by Crippen LogP contribution is -2.55. The van der Waals surface area contributed by atoms with E-state index in [4.69, 9.17) is 9.94 Å². The summed E-state index contributed by atoms with van der Waals surface area (Å²) in [7, 11) is 0. The van der Waals surface area contributed by atoms with E-state index in [0.29, 0.717) is 19.4 Å². The van der Waals surface area contributed by atoms with Gasteiger partial charge in [0.25, 0.3) is 11.8 Å². The summed E-state index contributed by atoms with van der Waals surface area (Å²) in [4.78, 5) is 53.9. The second kappa shape index (κ2) is 8.57. The number of amides is 5. The summed E-state index contributed by atoms with van der Waals surface area (Å²) in [6, 6.07) is 8.19. The van der Waals surface area contributed by atoms with Gasteiger partial charge in [0, 0.05) is 6.54 Å². The highest BCUT2D eigenvalue weighted by atomic mass is 16.7. The van der Waals surface area contributed by atoms with Crippen molar-refractivity contribution >= 4 is 23.9 Å². The van der Waals surface area contributed by atoms with Crippen molar-refractivity contribution in [1.29, 1.82) is 0 Å². The first-order valence-electron chi connectivity index (χ1n) is 8.78. The predicted molar refractivity (Wildman–Crippen MR) is 94.3 cm³/mol.